The van der Waals surface area contributed by atoms with Gasteiger partial charge < -0.3 is 19.1 Å². The van der Waals surface area contributed by atoms with E-state index in [0.717, 1.165) is 16.8 Å². The highest BCUT2D eigenvalue weighted by Gasteiger charge is 2.21. The van der Waals surface area contributed by atoms with Gasteiger partial charge in [0.25, 0.3) is 5.91 Å². The van der Waals surface area contributed by atoms with Crippen LogP contribution in [0.3, 0.4) is 0 Å². The molecule has 8 heteroatoms. The summed E-state index contributed by atoms with van der Waals surface area (Å²) in [6, 6.07) is 5.50. The van der Waals surface area contributed by atoms with E-state index in [1.165, 1.54) is 0 Å². The summed E-state index contributed by atoms with van der Waals surface area (Å²) in [6.45, 7) is 2.89. The van der Waals surface area contributed by atoms with Gasteiger partial charge in [-0.25, -0.2) is 4.98 Å². The number of amides is 1. The molecule has 2 aliphatic rings. The minimum Gasteiger partial charge on any atom is -0.496 e. The maximum absolute atomic E-state index is 12.7. The first-order valence-corrected chi connectivity index (χ1v) is 9.17. The zero-order chi connectivity index (χ0) is 19.5. The number of aromatic nitrogens is 2. The topological polar surface area (TPSA) is 86.1 Å². The lowest BCUT2D eigenvalue weighted by Crippen LogP contribution is -2.40. The molecule has 1 fully saturated rings. The number of ether oxygens (including phenoxy) is 3. The van der Waals surface area contributed by atoms with Crippen LogP contribution < -0.4 is 9.47 Å². The number of aliphatic imine (C=N–C) groups is 1. The molecule has 2 aliphatic heterocycles. The molecular weight excluding hydrogens is 360 g/mol. The predicted molar refractivity (Wildman–Crippen MR) is 102 cm³/mol. The van der Waals surface area contributed by atoms with Crippen LogP contribution in [0.2, 0.25) is 0 Å². The highest BCUT2D eigenvalue weighted by atomic mass is 16.5. The van der Waals surface area contributed by atoms with Crippen molar-refractivity contribution in [3.05, 3.63) is 46.4 Å². The third-order valence-electron chi connectivity index (χ3n) is 4.87. The Balaban J connectivity index is 1.58. The Morgan fingerprint density at radius 2 is 2.00 bits per heavy atom. The number of fused-ring (bicyclic) bond motifs is 1. The molecule has 0 spiro atoms. The Bertz CT molecular complexity index is 923. The van der Waals surface area contributed by atoms with Crippen molar-refractivity contribution in [3.63, 3.8) is 0 Å². The largest absolute Gasteiger partial charge is 0.496 e. The van der Waals surface area contributed by atoms with Gasteiger partial charge in [-0.15, -0.1) is 0 Å². The molecule has 146 valence electrons. The van der Waals surface area contributed by atoms with Crippen molar-refractivity contribution in [2.45, 2.75) is 13.0 Å². The molecule has 0 saturated carbocycles. The average Bonchev–Trinajstić information content (AvgIpc) is 3.22. The summed E-state index contributed by atoms with van der Waals surface area (Å²) in [6.07, 6.45) is 2.21. The number of morpholine rings is 1. The van der Waals surface area contributed by atoms with Crippen LogP contribution in [0.5, 0.6) is 11.6 Å². The zero-order valence-corrected chi connectivity index (χ0v) is 16.0. The number of nitrogens with zero attached hydrogens (tertiary/aromatic N) is 4. The van der Waals surface area contributed by atoms with E-state index < -0.39 is 0 Å². The van der Waals surface area contributed by atoms with Crippen molar-refractivity contribution in [3.8, 4) is 11.6 Å². The van der Waals surface area contributed by atoms with Crippen molar-refractivity contribution < 1.29 is 19.0 Å². The molecule has 0 bridgehead atoms. The zero-order valence-electron chi connectivity index (χ0n) is 16.0. The van der Waals surface area contributed by atoms with Gasteiger partial charge in [-0.3, -0.25) is 9.79 Å². The Hall–Kier alpha value is -3.00. The number of benzene rings is 1. The van der Waals surface area contributed by atoms with Crippen LogP contribution in [0.4, 0.5) is 0 Å². The Morgan fingerprint density at radius 1 is 1.18 bits per heavy atom. The monoisotopic (exact) mass is 382 g/mol. The number of hydrogen-bond donors (Lipinski definition) is 0. The fraction of sp³-hybridized carbons (Fsp3) is 0.400. The highest BCUT2D eigenvalue weighted by Crippen LogP contribution is 2.26. The summed E-state index contributed by atoms with van der Waals surface area (Å²) in [5, 5.41) is 0. The minimum atomic E-state index is -0.0132. The second-order valence-corrected chi connectivity index (χ2v) is 6.59. The Labute approximate surface area is 163 Å². The van der Waals surface area contributed by atoms with E-state index in [4.69, 9.17) is 14.2 Å². The van der Waals surface area contributed by atoms with Crippen molar-refractivity contribution in [1.82, 2.24) is 14.9 Å². The molecule has 1 amide bonds. The smallest absolute Gasteiger partial charge is 0.254 e. The first kappa shape index (κ1) is 18.4. The van der Waals surface area contributed by atoms with Crippen LogP contribution in [0.15, 0.2) is 23.2 Å². The first-order chi connectivity index (χ1) is 13.7. The molecule has 28 heavy (non-hydrogen) atoms. The van der Waals surface area contributed by atoms with Crippen LogP contribution in [0, 0.1) is 0 Å². The van der Waals surface area contributed by atoms with Crippen LogP contribution in [-0.4, -0.2) is 67.5 Å². The molecule has 0 unspecified atom stereocenters. The molecular formula is C20H22N4O4. The SMILES string of the molecule is COc1cc(C(=O)N2CCOCC2)ccc1Cc1nc2c(c(OC)n1)C=NC2. The lowest BCUT2D eigenvalue weighted by molar-refractivity contribution is 0.0302. The van der Waals surface area contributed by atoms with Crippen molar-refractivity contribution in [2.75, 3.05) is 40.5 Å². The first-order valence-electron chi connectivity index (χ1n) is 9.17. The second-order valence-electron chi connectivity index (χ2n) is 6.59. The highest BCUT2D eigenvalue weighted by molar-refractivity contribution is 5.94. The summed E-state index contributed by atoms with van der Waals surface area (Å²) in [7, 11) is 3.19. The minimum absolute atomic E-state index is 0.0132. The molecule has 1 aromatic heterocycles. The number of carbonyl (C=O) groups excluding carboxylic acids is 1. The summed E-state index contributed by atoms with van der Waals surface area (Å²) in [5.41, 5.74) is 3.20. The van der Waals surface area contributed by atoms with Gasteiger partial charge in [-0.05, 0) is 12.1 Å². The average molecular weight is 382 g/mol. The molecule has 1 saturated heterocycles. The fourth-order valence-electron chi connectivity index (χ4n) is 3.39. The van der Waals surface area contributed by atoms with E-state index in [0.29, 0.717) is 62.3 Å². The van der Waals surface area contributed by atoms with Gasteiger partial charge in [0.15, 0.2) is 0 Å². The standard InChI is InChI=1S/C20H22N4O4/c1-26-17-9-14(20(25)24-5-7-28-8-6-24)4-3-13(17)10-18-22-16-12-21-11-15(16)19(23-18)27-2/h3-4,9,11H,5-8,10,12H2,1-2H3. The van der Waals surface area contributed by atoms with E-state index in [9.17, 15) is 4.79 Å². The van der Waals surface area contributed by atoms with Gasteiger partial charge in [0.1, 0.15) is 11.6 Å². The molecule has 2 aromatic rings. The second kappa shape index (κ2) is 7.93. The molecule has 0 N–H and O–H groups in total. The third kappa shape index (κ3) is 3.55. The van der Waals surface area contributed by atoms with E-state index in [2.05, 4.69) is 15.0 Å². The van der Waals surface area contributed by atoms with Crippen molar-refractivity contribution in [2.24, 2.45) is 4.99 Å². The van der Waals surface area contributed by atoms with Crippen LogP contribution in [-0.2, 0) is 17.7 Å². The lowest BCUT2D eigenvalue weighted by atomic mass is 10.1. The Kier molecular flexibility index (Phi) is 5.21. The van der Waals surface area contributed by atoms with Gasteiger partial charge in [0.05, 0.1) is 45.2 Å². The Morgan fingerprint density at radius 3 is 2.75 bits per heavy atom. The predicted octanol–water partition coefficient (Wildman–Crippen LogP) is 1.49. The van der Waals surface area contributed by atoms with Crippen LogP contribution in [0.1, 0.15) is 33.0 Å². The van der Waals surface area contributed by atoms with Crippen molar-refractivity contribution >= 4 is 12.1 Å². The molecule has 0 radical (unpaired) electrons. The van der Waals surface area contributed by atoms with Crippen LogP contribution >= 0.6 is 0 Å². The quantitative estimate of drug-likeness (QED) is 0.779. The van der Waals surface area contributed by atoms with Crippen LogP contribution in [0.25, 0.3) is 0 Å². The fourth-order valence-corrected chi connectivity index (χ4v) is 3.39. The maximum atomic E-state index is 12.7. The molecule has 0 atom stereocenters. The van der Waals surface area contributed by atoms with E-state index in [-0.39, 0.29) is 5.91 Å². The van der Waals surface area contributed by atoms with Gasteiger partial charge in [0.2, 0.25) is 5.88 Å². The number of hydrogen-bond acceptors (Lipinski definition) is 7. The van der Waals surface area contributed by atoms with E-state index >= 15 is 0 Å². The number of carbonyl (C=O) groups is 1. The summed E-state index contributed by atoms with van der Waals surface area (Å²) >= 11 is 0. The molecule has 4 rings (SSSR count). The van der Waals surface area contributed by atoms with Gasteiger partial charge >= 0.3 is 0 Å². The third-order valence-corrected chi connectivity index (χ3v) is 4.87. The number of methoxy groups -OCH3 is 2. The van der Waals surface area contributed by atoms with E-state index in [1.54, 1.807) is 31.4 Å². The molecule has 0 aliphatic carbocycles. The lowest BCUT2D eigenvalue weighted by Gasteiger charge is -2.27. The van der Waals surface area contributed by atoms with Gasteiger partial charge in [-0.2, -0.15) is 4.98 Å². The normalized spacial score (nSPS) is 15.4. The maximum Gasteiger partial charge on any atom is 0.254 e. The summed E-state index contributed by atoms with van der Waals surface area (Å²) in [5.74, 6) is 1.78. The number of rotatable bonds is 5. The van der Waals surface area contributed by atoms with Gasteiger partial charge in [0, 0.05) is 36.9 Å². The molecule has 8 nitrogen and oxygen atoms in total. The van der Waals surface area contributed by atoms with Gasteiger partial charge in [-0.1, -0.05) is 6.07 Å². The molecule has 1 aromatic carbocycles. The molecule has 3 heterocycles. The summed E-state index contributed by atoms with van der Waals surface area (Å²) in [4.78, 5) is 27.8. The van der Waals surface area contributed by atoms with Crippen molar-refractivity contribution in [1.29, 1.82) is 0 Å². The van der Waals surface area contributed by atoms with E-state index in [1.807, 2.05) is 12.1 Å². The summed E-state index contributed by atoms with van der Waals surface area (Å²) < 4.78 is 16.2.